The summed E-state index contributed by atoms with van der Waals surface area (Å²) in [5, 5.41) is 24.3. The minimum absolute atomic E-state index is 0.0451. The highest BCUT2D eigenvalue weighted by Gasteiger charge is 2.34. The number of nitriles is 2. The zero-order valence-corrected chi connectivity index (χ0v) is 39.5. The predicted octanol–water partition coefficient (Wildman–Crippen LogP) is 17.2. The Morgan fingerprint density at radius 2 is 0.829 bits per heavy atom. The van der Waals surface area contributed by atoms with E-state index in [1.165, 1.54) is 56.6 Å². The SMILES string of the molecule is Cc1cc(C)c(-c2ccc3c(c2)c2ccccc2n3-c2ccc(-c3ccc(C#N)cc3C(F)(F)F)cc2-c2ccc(C#N)cc2-n2c3ccccc3c3cc(-c4c(C)cc(C)cc4C)ccc32)c(C)c1. The van der Waals surface area contributed by atoms with Crippen LogP contribution in [0.5, 0.6) is 0 Å². The van der Waals surface area contributed by atoms with Gasteiger partial charge < -0.3 is 9.13 Å². The number of hydrogen-bond donors (Lipinski definition) is 0. The van der Waals surface area contributed by atoms with Gasteiger partial charge in [0.25, 0.3) is 0 Å². The average molecular weight is 915 g/mol. The van der Waals surface area contributed by atoms with Crippen LogP contribution in [0.25, 0.3) is 99.5 Å². The van der Waals surface area contributed by atoms with Gasteiger partial charge in [-0.05, 0) is 170 Å². The maximum Gasteiger partial charge on any atom is 0.417 e. The maximum absolute atomic E-state index is 15.0. The molecule has 4 nitrogen and oxygen atoms in total. The number of hydrogen-bond acceptors (Lipinski definition) is 2. The number of rotatable bonds is 6. The van der Waals surface area contributed by atoms with E-state index in [-0.39, 0.29) is 11.1 Å². The van der Waals surface area contributed by atoms with E-state index in [4.69, 9.17) is 0 Å². The van der Waals surface area contributed by atoms with Crippen molar-refractivity contribution in [1.82, 2.24) is 9.13 Å². The molecule has 0 fully saturated rings. The maximum atomic E-state index is 15.0. The summed E-state index contributed by atoms with van der Waals surface area (Å²) in [6.45, 7) is 12.8. The first kappa shape index (κ1) is 43.9. The summed E-state index contributed by atoms with van der Waals surface area (Å²) in [5.74, 6) is 0. The molecular weight excluding hydrogens is 870 g/mol. The minimum Gasteiger partial charge on any atom is -0.309 e. The normalized spacial score (nSPS) is 11.8. The van der Waals surface area contributed by atoms with Gasteiger partial charge >= 0.3 is 6.18 Å². The molecule has 11 aromatic rings. The van der Waals surface area contributed by atoms with Crippen LogP contribution in [-0.4, -0.2) is 9.13 Å². The Balaban J connectivity index is 1.23. The van der Waals surface area contributed by atoms with Crippen molar-refractivity contribution in [3.63, 3.8) is 0 Å². The van der Waals surface area contributed by atoms with E-state index in [1.807, 2.05) is 54.6 Å². The van der Waals surface area contributed by atoms with Crippen LogP contribution in [0.2, 0.25) is 0 Å². The largest absolute Gasteiger partial charge is 0.417 e. The third-order valence-corrected chi connectivity index (χ3v) is 13.9. The molecule has 0 unspecified atom stereocenters. The number of halogens is 3. The molecule has 2 heterocycles. The Morgan fingerprint density at radius 3 is 1.33 bits per heavy atom. The molecule has 0 bridgehead atoms. The predicted molar refractivity (Wildman–Crippen MR) is 280 cm³/mol. The molecule has 0 saturated carbocycles. The monoisotopic (exact) mass is 914 g/mol. The lowest BCUT2D eigenvalue weighted by molar-refractivity contribution is -0.137. The van der Waals surface area contributed by atoms with Crippen molar-refractivity contribution >= 4 is 43.6 Å². The van der Waals surface area contributed by atoms with Crippen molar-refractivity contribution in [1.29, 1.82) is 10.5 Å². The van der Waals surface area contributed by atoms with Crippen LogP contribution in [-0.2, 0) is 6.18 Å². The molecule has 0 N–H and O–H groups in total. The fourth-order valence-corrected chi connectivity index (χ4v) is 11.3. The Morgan fingerprint density at radius 1 is 0.386 bits per heavy atom. The molecule has 11 rings (SSSR count). The van der Waals surface area contributed by atoms with Crippen LogP contribution in [0.15, 0.2) is 164 Å². The quantitative estimate of drug-likeness (QED) is 0.167. The molecule has 0 amide bonds. The van der Waals surface area contributed by atoms with Gasteiger partial charge in [-0.15, -0.1) is 0 Å². The highest BCUT2D eigenvalue weighted by Crippen LogP contribution is 2.46. The average Bonchev–Trinajstić information content (AvgIpc) is 3.84. The van der Waals surface area contributed by atoms with Gasteiger partial charge in [-0.25, -0.2) is 0 Å². The Bertz CT molecular complexity index is 4050. The summed E-state index contributed by atoms with van der Waals surface area (Å²) in [5.41, 5.74) is 18.0. The number of benzene rings is 9. The number of nitrogens with zero attached hydrogens (tertiary/aromatic N) is 4. The number of fused-ring (bicyclic) bond motifs is 6. The van der Waals surface area contributed by atoms with Crippen molar-refractivity contribution in [2.45, 2.75) is 47.7 Å². The number of aromatic nitrogens is 2. The van der Waals surface area contributed by atoms with E-state index < -0.39 is 11.7 Å². The van der Waals surface area contributed by atoms with E-state index in [2.05, 4.69) is 142 Å². The lowest BCUT2D eigenvalue weighted by Crippen LogP contribution is -2.08. The first-order chi connectivity index (χ1) is 33.7. The second kappa shape index (κ2) is 16.5. The molecule has 70 heavy (non-hydrogen) atoms. The summed E-state index contributed by atoms with van der Waals surface area (Å²) >= 11 is 0. The van der Waals surface area contributed by atoms with Crippen LogP contribution >= 0.6 is 0 Å². The molecule has 0 aliphatic heterocycles. The van der Waals surface area contributed by atoms with Crippen molar-refractivity contribution < 1.29 is 13.2 Å². The van der Waals surface area contributed by atoms with E-state index in [1.54, 1.807) is 12.1 Å². The molecule has 9 aromatic carbocycles. The molecule has 0 spiro atoms. The van der Waals surface area contributed by atoms with Crippen LogP contribution < -0.4 is 0 Å². The molecule has 338 valence electrons. The second-order valence-corrected chi connectivity index (χ2v) is 18.7. The Labute approximate surface area is 404 Å². The van der Waals surface area contributed by atoms with Crippen LogP contribution in [0, 0.1) is 64.2 Å². The lowest BCUT2D eigenvalue weighted by Gasteiger charge is -2.21. The van der Waals surface area contributed by atoms with Gasteiger partial charge in [0.05, 0.1) is 62.3 Å². The van der Waals surface area contributed by atoms with Crippen LogP contribution in [0.3, 0.4) is 0 Å². The molecular formula is C63H45F3N4. The van der Waals surface area contributed by atoms with Crippen LogP contribution in [0.1, 0.15) is 50.1 Å². The van der Waals surface area contributed by atoms with Gasteiger partial charge in [-0.2, -0.15) is 23.7 Å². The lowest BCUT2D eigenvalue weighted by atomic mass is 9.92. The van der Waals surface area contributed by atoms with Gasteiger partial charge in [0, 0.05) is 32.7 Å². The highest BCUT2D eigenvalue weighted by molar-refractivity contribution is 6.13. The van der Waals surface area contributed by atoms with Crippen molar-refractivity contribution in [3.05, 3.63) is 214 Å². The third kappa shape index (κ3) is 7.13. The zero-order valence-electron chi connectivity index (χ0n) is 39.5. The number of aryl methyl sites for hydroxylation is 6. The minimum atomic E-state index is -4.74. The van der Waals surface area contributed by atoms with E-state index in [0.717, 1.165) is 66.5 Å². The number of para-hydroxylation sites is 2. The molecule has 7 heteroatoms. The van der Waals surface area contributed by atoms with Gasteiger partial charge in [-0.3, -0.25) is 0 Å². The summed E-state index contributed by atoms with van der Waals surface area (Å²) in [6.07, 6.45) is -4.74. The van der Waals surface area contributed by atoms with Crippen molar-refractivity contribution in [2.75, 3.05) is 0 Å². The van der Waals surface area contributed by atoms with Crippen molar-refractivity contribution in [2.24, 2.45) is 0 Å². The van der Waals surface area contributed by atoms with E-state index in [9.17, 15) is 10.5 Å². The van der Waals surface area contributed by atoms with Gasteiger partial charge in [0.15, 0.2) is 0 Å². The van der Waals surface area contributed by atoms with Crippen LogP contribution in [0.4, 0.5) is 13.2 Å². The van der Waals surface area contributed by atoms with Gasteiger partial charge in [0.1, 0.15) is 0 Å². The topological polar surface area (TPSA) is 57.4 Å². The Hall–Kier alpha value is -8.65. The summed E-state index contributed by atoms with van der Waals surface area (Å²) in [4.78, 5) is 0. The molecule has 0 aliphatic rings. The fraction of sp³-hybridized carbons (Fsp3) is 0.111. The second-order valence-electron chi connectivity index (χ2n) is 18.7. The third-order valence-electron chi connectivity index (χ3n) is 13.9. The van der Waals surface area contributed by atoms with Gasteiger partial charge in [-0.1, -0.05) is 102 Å². The molecule has 0 aliphatic carbocycles. The zero-order chi connectivity index (χ0) is 48.7. The smallest absolute Gasteiger partial charge is 0.309 e. The first-order valence-electron chi connectivity index (χ1n) is 23.3. The standard InChI is InChI=1S/C63H45F3N4/c1-36-25-38(3)61(39(4)26-36)45-18-23-58-52(32-45)48-11-7-9-13-55(48)69(58)57-22-17-44(47-20-15-42(34-67)29-54(47)63(64,65)66)31-51(57)50-21-16-43(35-68)30-60(50)70-56-14-10-8-12-49(56)53-33-46(19-24-59(53)70)62-40(5)27-37(2)28-41(62)6/h7-33H,1-6H3. The van der Waals surface area contributed by atoms with Crippen molar-refractivity contribution in [3.8, 4) is 68.0 Å². The van der Waals surface area contributed by atoms with E-state index >= 15 is 13.2 Å². The molecule has 0 radical (unpaired) electrons. The summed E-state index contributed by atoms with van der Waals surface area (Å²) in [6, 6.07) is 57.4. The summed E-state index contributed by atoms with van der Waals surface area (Å²) in [7, 11) is 0. The first-order valence-corrected chi connectivity index (χ1v) is 23.3. The number of alkyl halides is 3. The molecule has 2 aromatic heterocycles. The molecule has 0 saturated heterocycles. The summed E-state index contributed by atoms with van der Waals surface area (Å²) < 4.78 is 49.5. The Kier molecular flexibility index (Phi) is 10.4. The van der Waals surface area contributed by atoms with E-state index in [0.29, 0.717) is 27.9 Å². The van der Waals surface area contributed by atoms with Gasteiger partial charge in [0.2, 0.25) is 0 Å². The molecule has 0 atom stereocenters. The highest BCUT2D eigenvalue weighted by atomic mass is 19.4. The fourth-order valence-electron chi connectivity index (χ4n) is 11.3.